The van der Waals surface area contributed by atoms with Crippen molar-refractivity contribution in [1.29, 1.82) is 0 Å². The first-order valence-electron chi connectivity index (χ1n) is 11.5. The first-order chi connectivity index (χ1) is 18.5. The highest BCUT2D eigenvalue weighted by molar-refractivity contribution is 7.92. The Bertz CT molecular complexity index is 1670. The van der Waals surface area contributed by atoms with Crippen LogP contribution in [0, 0.1) is 13.8 Å². The van der Waals surface area contributed by atoms with Crippen LogP contribution in [0.15, 0.2) is 82.8 Å². The lowest BCUT2D eigenvalue weighted by Gasteiger charge is -2.24. The Morgan fingerprint density at radius 3 is 2.33 bits per heavy atom. The normalized spacial score (nSPS) is 11.6. The predicted molar refractivity (Wildman–Crippen MR) is 158 cm³/mol. The number of halogens is 4. The molecule has 4 aromatic rings. The van der Waals surface area contributed by atoms with Crippen LogP contribution in [0.3, 0.4) is 0 Å². The molecule has 0 aliphatic rings. The summed E-state index contributed by atoms with van der Waals surface area (Å²) in [5, 5.41) is 5.31. The average molecular weight is 624 g/mol. The second kappa shape index (κ2) is 12.0. The van der Waals surface area contributed by atoms with E-state index in [1.54, 1.807) is 30.3 Å². The minimum atomic E-state index is -4.11. The fourth-order valence-corrected chi connectivity index (χ4v) is 6.07. The van der Waals surface area contributed by atoms with Crippen LogP contribution in [0.1, 0.15) is 17.0 Å². The Morgan fingerprint density at radius 2 is 1.64 bits per heavy atom. The zero-order valence-corrected chi connectivity index (χ0v) is 24.5. The molecule has 202 valence electrons. The standard InChI is InChI=1S/C27H22Cl4N4O3S/c1-17-13-19(18(2)35(17)25-10-6-9-23(29)27(25)31)15-32-33-26(36)16-34(20-11-12-22(28)24(30)14-20)39(37,38)21-7-4-3-5-8-21/h3-15H,16H2,1-2H3,(H,33,36)/b32-15-. The molecule has 0 fully saturated rings. The van der Waals surface area contributed by atoms with Crippen LogP contribution in [0.2, 0.25) is 20.1 Å². The summed E-state index contributed by atoms with van der Waals surface area (Å²) >= 11 is 24.8. The molecule has 0 bridgehead atoms. The zero-order chi connectivity index (χ0) is 28.3. The molecule has 1 N–H and O–H groups in total. The van der Waals surface area contributed by atoms with Crippen LogP contribution in [-0.4, -0.2) is 31.7 Å². The van der Waals surface area contributed by atoms with Gasteiger partial charge in [0.2, 0.25) is 0 Å². The number of aryl methyl sites for hydroxylation is 1. The van der Waals surface area contributed by atoms with Crippen molar-refractivity contribution in [3.63, 3.8) is 0 Å². The highest BCUT2D eigenvalue weighted by Gasteiger charge is 2.27. The van der Waals surface area contributed by atoms with Gasteiger partial charge in [-0.1, -0.05) is 70.7 Å². The zero-order valence-electron chi connectivity index (χ0n) is 20.7. The lowest BCUT2D eigenvalue weighted by molar-refractivity contribution is -0.119. The SMILES string of the molecule is Cc1cc(/C=N\NC(=O)CN(c2ccc(Cl)c(Cl)c2)S(=O)(=O)c2ccccc2)c(C)n1-c1cccc(Cl)c1Cl. The van der Waals surface area contributed by atoms with E-state index in [2.05, 4.69) is 10.5 Å². The molecule has 0 saturated heterocycles. The summed E-state index contributed by atoms with van der Waals surface area (Å²) < 4.78 is 29.8. The summed E-state index contributed by atoms with van der Waals surface area (Å²) in [6.45, 7) is 3.24. The van der Waals surface area contributed by atoms with Gasteiger partial charge in [0.05, 0.1) is 42.6 Å². The van der Waals surface area contributed by atoms with Gasteiger partial charge in [-0.2, -0.15) is 5.10 Å². The van der Waals surface area contributed by atoms with E-state index in [9.17, 15) is 13.2 Å². The van der Waals surface area contributed by atoms with E-state index < -0.39 is 22.5 Å². The van der Waals surface area contributed by atoms with Gasteiger partial charge in [0, 0.05) is 17.0 Å². The van der Waals surface area contributed by atoms with Crippen LogP contribution in [0.5, 0.6) is 0 Å². The third-order valence-corrected chi connectivity index (χ3v) is 9.18. The minimum absolute atomic E-state index is 0.0134. The molecule has 0 radical (unpaired) electrons. The number of rotatable bonds is 8. The number of anilines is 1. The van der Waals surface area contributed by atoms with Gasteiger partial charge in [0.15, 0.2) is 0 Å². The average Bonchev–Trinajstić information content (AvgIpc) is 3.19. The number of hydrogen-bond donors (Lipinski definition) is 1. The molecule has 12 heteroatoms. The fraction of sp³-hybridized carbons (Fsp3) is 0.111. The molecule has 39 heavy (non-hydrogen) atoms. The van der Waals surface area contributed by atoms with E-state index in [0.717, 1.165) is 21.3 Å². The lowest BCUT2D eigenvalue weighted by Crippen LogP contribution is -2.39. The smallest absolute Gasteiger partial charge is 0.264 e. The molecule has 0 aliphatic carbocycles. The second-order valence-corrected chi connectivity index (χ2v) is 11.9. The predicted octanol–water partition coefficient (Wildman–Crippen LogP) is 7.05. The quantitative estimate of drug-likeness (QED) is 0.169. The van der Waals surface area contributed by atoms with Crippen LogP contribution in [0.25, 0.3) is 5.69 Å². The van der Waals surface area contributed by atoms with Gasteiger partial charge in [-0.3, -0.25) is 9.10 Å². The van der Waals surface area contributed by atoms with Crippen LogP contribution < -0.4 is 9.73 Å². The van der Waals surface area contributed by atoms with Crippen molar-refractivity contribution in [3.05, 3.63) is 110 Å². The van der Waals surface area contributed by atoms with Gasteiger partial charge < -0.3 is 4.57 Å². The van der Waals surface area contributed by atoms with Crippen LogP contribution >= 0.6 is 46.4 Å². The number of nitrogens with zero attached hydrogens (tertiary/aromatic N) is 3. The molecule has 7 nitrogen and oxygen atoms in total. The van der Waals surface area contributed by atoms with Crippen molar-refractivity contribution in [2.75, 3.05) is 10.8 Å². The lowest BCUT2D eigenvalue weighted by atomic mass is 10.2. The number of hydrogen-bond acceptors (Lipinski definition) is 4. The third kappa shape index (κ3) is 6.26. The molecule has 0 atom stereocenters. The molecular formula is C27H22Cl4N4O3S. The topological polar surface area (TPSA) is 83.8 Å². The highest BCUT2D eigenvalue weighted by atomic mass is 35.5. The van der Waals surface area contributed by atoms with E-state index in [1.165, 1.54) is 36.5 Å². The number of carbonyl (C=O) groups excluding carboxylic acids is 1. The largest absolute Gasteiger partial charge is 0.316 e. The number of amides is 1. The molecule has 0 unspecified atom stereocenters. The van der Waals surface area contributed by atoms with E-state index in [0.29, 0.717) is 15.7 Å². The molecule has 1 aromatic heterocycles. The van der Waals surface area contributed by atoms with Gasteiger partial charge in [-0.05, 0) is 62.4 Å². The Morgan fingerprint density at radius 1 is 0.923 bits per heavy atom. The van der Waals surface area contributed by atoms with Gasteiger partial charge in [-0.15, -0.1) is 0 Å². The Hall–Kier alpha value is -3.01. The van der Waals surface area contributed by atoms with Crippen molar-refractivity contribution < 1.29 is 13.2 Å². The summed E-state index contributed by atoms with van der Waals surface area (Å²) in [4.78, 5) is 12.9. The van der Waals surface area contributed by atoms with Gasteiger partial charge >= 0.3 is 0 Å². The summed E-state index contributed by atoms with van der Waals surface area (Å²) in [5.41, 5.74) is 5.72. The fourth-order valence-electron chi connectivity index (χ4n) is 3.97. The molecule has 0 spiro atoms. The van der Waals surface area contributed by atoms with Gasteiger partial charge in [0.1, 0.15) is 6.54 Å². The van der Waals surface area contributed by atoms with Gasteiger partial charge in [0.25, 0.3) is 15.9 Å². The first-order valence-corrected chi connectivity index (χ1v) is 14.4. The maximum atomic E-state index is 13.4. The number of sulfonamides is 1. The van der Waals surface area contributed by atoms with Crippen molar-refractivity contribution in [1.82, 2.24) is 9.99 Å². The molecule has 1 heterocycles. The summed E-state index contributed by atoms with van der Waals surface area (Å²) in [5.74, 6) is -0.663. The Kier molecular flexibility index (Phi) is 8.93. The van der Waals surface area contributed by atoms with Crippen molar-refractivity contribution in [2.45, 2.75) is 18.7 Å². The van der Waals surface area contributed by atoms with Crippen LogP contribution in [0.4, 0.5) is 5.69 Å². The minimum Gasteiger partial charge on any atom is -0.316 e. The van der Waals surface area contributed by atoms with Crippen molar-refractivity contribution in [2.24, 2.45) is 5.10 Å². The molecule has 4 rings (SSSR count). The van der Waals surface area contributed by atoms with Crippen LogP contribution in [-0.2, 0) is 14.8 Å². The number of aromatic nitrogens is 1. The number of benzene rings is 3. The first kappa shape index (κ1) is 29.0. The highest BCUT2D eigenvalue weighted by Crippen LogP contribution is 2.32. The summed E-state index contributed by atoms with van der Waals surface area (Å²) in [6.07, 6.45) is 1.48. The maximum absolute atomic E-state index is 13.4. The molecular weight excluding hydrogens is 602 g/mol. The molecule has 3 aromatic carbocycles. The Labute approximate surface area is 246 Å². The molecule has 0 aliphatic heterocycles. The monoisotopic (exact) mass is 622 g/mol. The summed E-state index contributed by atoms with van der Waals surface area (Å²) in [7, 11) is -4.11. The second-order valence-electron chi connectivity index (χ2n) is 8.45. The Balaban J connectivity index is 1.58. The van der Waals surface area contributed by atoms with Crippen molar-refractivity contribution >= 4 is 74.2 Å². The number of hydrazone groups is 1. The third-order valence-electron chi connectivity index (χ3n) is 5.84. The molecule has 0 saturated carbocycles. The van der Waals surface area contributed by atoms with E-state index in [4.69, 9.17) is 46.4 Å². The van der Waals surface area contributed by atoms with Gasteiger partial charge in [-0.25, -0.2) is 13.8 Å². The molecule has 1 amide bonds. The van der Waals surface area contributed by atoms with E-state index in [1.807, 2.05) is 30.5 Å². The summed E-state index contributed by atoms with van der Waals surface area (Å²) in [6, 6.07) is 19.3. The van der Waals surface area contributed by atoms with E-state index in [-0.39, 0.29) is 20.6 Å². The maximum Gasteiger partial charge on any atom is 0.264 e. The number of nitrogens with one attached hydrogen (secondary N) is 1. The van der Waals surface area contributed by atoms with E-state index >= 15 is 0 Å². The van der Waals surface area contributed by atoms with Crippen molar-refractivity contribution in [3.8, 4) is 5.69 Å². The number of carbonyl (C=O) groups is 1.